The molecular formula is C13H7ClIN3O2. The Morgan fingerprint density at radius 1 is 1.30 bits per heavy atom. The van der Waals surface area contributed by atoms with Crippen LogP contribution in [0.5, 0.6) is 0 Å². The van der Waals surface area contributed by atoms with Crippen LogP contribution in [0.4, 0.5) is 0 Å². The van der Waals surface area contributed by atoms with Crippen LogP contribution in [0.2, 0.25) is 5.02 Å². The highest BCUT2D eigenvalue weighted by Crippen LogP contribution is 2.24. The average Bonchev–Trinajstić information content (AvgIpc) is 2.83. The van der Waals surface area contributed by atoms with E-state index in [-0.39, 0.29) is 10.6 Å². The smallest absolute Gasteiger partial charge is 0.337 e. The first-order valence-corrected chi connectivity index (χ1v) is 7.05. The molecule has 3 aromatic rings. The Bertz CT molecular complexity index is 832. The first kappa shape index (κ1) is 13.3. The average molecular weight is 400 g/mol. The highest BCUT2D eigenvalue weighted by Gasteiger charge is 2.14. The molecule has 2 heterocycles. The second-order valence-electron chi connectivity index (χ2n) is 4.11. The highest BCUT2D eigenvalue weighted by molar-refractivity contribution is 14.1. The van der Waals surface area contributed by atoms with Crippen LogP contribution >= 0.6 is 34.2 Å². The Balaban J connectivity index is 2.29. The summed E-state index contributed by atoms with van der Waals surface area (Å²) in [6.07, 6.45) is 1.47. The van der Waals surface area contributed by atoms with Gasteiger partial charge in [0.05, 0.1) is 10.6 Å². The molecule has 0 bridgehead atoms. The largest absolute Gasteiger partial charge is 0.478 e. The lowest BCUT2D eigenvalue weighted by atomic mass is 10.2. The third-order valence-corrected chi connectivity index (χ3v) is 3.74. The molecule has 0 spiro atoms. The number of pyridine rings is 1. The van der Waals surface area contributed by atoms with Gasteiger partial charge in [0.1, 0.15) is 0 Å². The topological polar surface area (TPSA) is 67.5 Å². The van der Waals surface area contributed by atoms with E-state index >= 15 is 0 Å². The van der Waals surface area contributed by atoms with Crippen molar-refractivity contribution in [3.63, 3.8) is 0 Å². The molecule has 100 valence electrons. The second-order valence-corrected chi connectivity index (χ2v) is 5.76. The number of fused-ring (bicyclic) bond motifs is 1. The van der Waals surface area contributed by atoms with Gasteiger partial charge in [0.15, 0.2) is 11.5 Å². The van der Waals surface area contributed by atoms with E-state index in [1.165, 1.54) is 12.3 Å². The maximum absolute atomic E-state index is 11.1. The molecule has 0 fully saturated rings. The summed E-state index contributed by atoms with van der Waals surface area (Å²) in [7, 11) is 0. The summed E-state index contributed by atoms with van der Waals surface area (Å²) in [5.41, 5.74) is 1.38. The molecule has 0 amide bonds. The van der Waals surface area contributed by atoms with Crippen LogP contribution < -0.4 is 0 Å². The van der Waals surface area contributed by atoms with Crippen molar-refractivity contribution >= 4 is 45.8 Å². The number of nitrogens with zero attached hydrogens (tertiary/aromatic N) is 3. The van der Waals surface area contributed by atoms with E-state index in [4.69, 9.17) is 16.7 Å². The minimum absolute atomic E-state index is 0.0918. The number of carbonyl (C=O) groups is 1. The van der Waals surface area contributed by atoms with Crippen molar-refractivity contribution in [3.05, 3.63) is 50.7 Å². The molecule has 1 N–H and O–H groups in total. The molecule has 0 aliphatic heterocycles. The van der Waals surface area contributed by atoms with E-state index in [0.717, 1.165) is 9.13 Å². The Kier molecular flexibility index (Phi) is 3.35. The predicted molar refractivity (Wildman–Crippen MR) is 83.1 cm³/mol. The molecule has 0 radical (unpaired) electrons. The summed E-state index contributed by atoms with van der Waals surface area (Å²) < 4.78 is 2.65. The monoisotopic (exact) mass is 399 g/mol. The Labute approximate surface area is 132 Å². The molecular weight excluding hydrogens is 393 g/mol. The summed E-state index contributed by atoms with van der Waals surface area (Å²) in [4.78, 5) is 11.1. The van der Waals surface area contributed by atoms with E-state index in [1.807, 2.05) is 24.3 Å². The zero-order chi connectivity index (χ0) is 14.3. The highest BCUT2D eigenvalue weighted by atomic mass is 127. The molecule has 1 aromatic carbocycles. The SMILES string of the molecule is O=C(O)c1cc(Cl)c2nnc(-c3cccc(I)c3)n2c1. The van der Waals surface area contributed by atoms with Crippen LogP contribution in [0, 0.1) is 3.57 Å². The van der Waals surface area contributed by atoms with Gasteiger partial charge in [-0.15, -0.1) is 10.2 Å². The zero-order valence-corrected chi connectivity index (χ0v) is 12.8. The van der Waals surface area contributed by atoms with Gasteiger partial charge in [-0.1, -0.05) is 23.7 Å². The van der Waals surface area contributed by atoms with Crippen molar-refractivity contribution in [1.82, 2.24) is 14.6 Å². The normalized spacial score (nSPS) is 10.9. The summed E-state index contributed by atoms with van der Waals surface area (Å²) in [6.45, 7) is 0. The number of aromatic nitrogens is 3. The van der Waals surface area contributed by atoms with Crippen molar-refractivity contribution in [2.45, 2.75) is 0 Å². The number of rotatable bonds is 2. The lowest BCUT2D eigenvalue weighted by Crippen LogP contribution is -2.00. The number of halogens is 2. The van der Waals surface area contributed by atoms with E-state index in [0.29, 0.717) is 11.5 Å². The third-order valence-electron chi connectivity index (χ3n) is 2.79. The van der Waals surface area contributed by atoms with Crippen LogP contribution in [0.25, 0.3) is 17.0 Å². The number of carboxylic acid groups (broad SMARTS) is 1. The minimum atomic E-state index is -1.05. The molecule has 5 nitrogen and oxygen atoms in total. The number of benzene rings is 1. The molecule has 7 heteroatoms. The Morgan fingerprint density at radius 3 is 2.80 bits per heavy atom. The van der Waals surface area contributed by atoms with E-state index in [9.17, 15) is 4.79 Å². The number of hydrogen-bond acceptors (Lipinski definition) is 3. The molecule has 0 saturated heterocycles. The van der Waals surface area contributed by atoms with E-state index in [1.54, 1.807) is 4.40 Å². The lowest BCUT2D eigenvalue weighted by molar-refractivity contribution is 0.0696. The van der Waals surface area contributed by atoms with Crippen molar-refractivity contribution in [1.29, 1.82) is 0 Å². The van der Waals surface area contributed by atoms with Crippen LogP contribution in [-0.2, 0) is 0 Å². The minimum Gasteiger partial charge on any atom is -0.478 e. The maximum Gasteiger partial charge on any atom is 0.337 e. The number of hydrogen-bond donors (Lipinski definition) is 1. The first-order valence-electron chi connectivity index (χ1n) is 5.60. The van der Waals surface area contributed by atoms with Gasteiger partial charge in [-0.3, -0.25) is 4.40 Å². The van der Waals surface area contributed by atoms with E-state index in [2.05, 4.69) is 32.8 Å². The fourth-order valence-electron chi connectivity index (χ4n) is 1.90. The van der Waals surface area contributed by atoms with Gasteiger partial charge in [0, 0.05) is 15.3 Å². The molecule has 3 rings (SSSR count). The Morgan fingerprint density at radius 2 is 2.10 bits per heavy atom. The van der Waals surface area contributed by atoms with Gasteiger partial charge in [-0.05, 0) is 40.8 Å². The van der Waals surface area contributed by atoms with Crippen molar-refractivity contribution in [3.8, 4) is 11.4 Å². The maximum atomic E-state index is 11.1. The third kappa shape index (κ3) is 2.25. The van der Waals surface area contributed by atoms with Crippen LogP contribution in [0.3, 0.4) is 0 Å². The molecule has 2 aromatic heterocycles. The van der Waals surface area contributed by atoms with Gasteiger partial charge in [0.2, 0.25) is 0 Å². The molecule has 0 unspecified atom stereocenters. The van der Waals surface area contributed by atoms with Gasteiger partial charge >= 0.3 is 5.97 Å². The molecule has 0 aliphatic rings. The lowest BCUT2D eigenvalue weighted by Gasteiger charge is -2.03. The van der Waals surface area contributed by atoms with Crippen LogP contribution in [0.15, 0.2) is 36.5 Å². The predicted octanol–water partition coefficient (Wildman–Crippen LogP) is 3.35. The van der Waals surface area contributed by atoms with Gasteiger partial charge in [-0.2, -0.15) is 0 Å². The summed E-state index contributed by atoms with van der Waals surface area (Å²) in [5, 5.41) is 17.5. The summed E-state index contributed by atoms with van der Waals surface area (Å²) in [6, 6.07) is 9.06. The second kappa shape index (κ2) is 5.02. The molecule has 0 atom stereocenters. The number of carboxylic acids is 1. The quantitative estimate of drug-likeness (QED) is 0.671. The van der Waals surface area contributed by atoms with Crippen molar-refractivity contribution in [2.24, 2.45) is 0 Å². The summed E-state index contributed by atoms with van der Waals surface area (Å²) in [5.74, 6) is -0.486. The molecule has 0 aliphatic carbocycles. The number of aromatic carboxylic acids is 1. The van der Waals surface area contributed by atoms with Crippen molar-refractivity contribution in [2.75, 3.05) is 0 Å². The van der Waals surface area contributed by atoms with Crippen LogP contribution in [0.1, 0.15) is 10.4 Å². The fraction of sp³-hybridized carbons (Fsp3) is 0. The first-order chi connectivity index (χ1) is 9.56. The van der Waals surface area contributed by atoms with Crippen molar-refractivity contribution < 1.29 is 9.90 Å². The van der Waals surface area contributed by atoms with E-state index < -0.39 is 5.97 Å². The van der Waals surface area contributed by atoms with Gasteiger partial charge in [0.25, 0.3) is 0 Å². The van der Waals surface area contributed by atoms with Gasteiger partial charge in [-0.25, -0.2) is 4.79 Å². The molecule has 0 saturated carbocycles. The van der Waals surface area contributed by atoms with Crippen LogP contribution in [-0.4, -0.2) is 25.7 Å². The Hall–Kier alpha value is -1.67. The standard InChI is InChI=1S/C13H7ClIN3O2/c14-10-5-8(13(19)20)6-18-11(16-17-12(10)18)7-2-1-3-9(15)4-7/h1-6H,(H,19,20). The molecule has 20 heavy (non-hydrogen) atoms. The zero-order valence-electron chi connectivity index (χ0n) is 9.92. The summed E-state index contributed by atoms with van der Waals surface area (Å²) >= 11 is 8.25. The fourth-order valence-corrected chi connectivity index (χ4v) is 2.68. The van der Waals surface area contributed by atoms with Gasteiger partial charge < -0.3 is 5.11 Å².